The third kappa shape index (κ3) is 1.90. The number of rotatable bonds is 2. The van der Waals surface area contributed by atoms with Crippen LogP contribution in [0.3, 0.4) is 0 Å². The molecule has 1 aromatic rings. The molecule has 5 heteroatoms. The van der Waals surface area contributed by atoms with Gasteiger partial charge in [-0.05, 0) is 0 Å². The van der Waals surface area contributed by atoms with E-state index in [-0.39, 0.29) is 10.4 Å². The monoisotopic (exact) mass is 230 g/mol. The molecule has 0 N–H and O–H groups in total. The van der Waals surface area contributed by atoms with Gasteiger partial charge in [-0.15, -0.1) is 0 Å². The molecule has 61 valence electrons. The van der Waals surface area contributed by atoms with Crippen LogP contribution in [0.15, 0.2) is 24.3 Å². The third-order valence-corrected chi connectivity index (χ3v) is 1.79. The number of hydrogen-bond acceptors (Lipinski definition) is 3. The number of nitro benzene ring substituents is 1. The molecule has 0 atom stereocenters. The summed E-state index contributed by atoms with van der Waals surface area (Å²) in [5, 5.41) is 10.3. The molecule has 0 bridgehead atoms. The second-order valence-corrected chi connectivity index (χ2v) is 2.87. The molecule has 0 spiro atoms. The van der Waals surface area contributed by atoms with Crippen LogP contribution in [0, 0.1) is 10.1 Å². The number of benzene rings is 1. The van der Waals surface area contributed by atoms with E-state index >= 15 is 0 Å². The van der Waals surface area contributed by atoms with E-state index in [1.165, 1.54) is 24.3 Å². The first-order valence-electron chi connectivity index (χ1n) is 3.07. The minimum absolute atomic E-state index is 0.0731. The predicted octanol–water partition coefficient (Wildman–Crippen LogP) is 0.903. The number of hydrogen-bond donors (Lipinski definition) is 0. The van der Waals surface area contributed by atoms with Crippen LogP contribution >= 0.6 is 0 Å². The number of non-ortho nitro benzene ring substituents is 1. The van der Waals surface area contributed by atoms with Crippen molar-refractivity contribution in [3.8, 4) is 0 Å². The fourth-order valence-electron chi connectivity index (χ4n) is 0.746. The molecule has 0 aliphatic rings. The van der Waals surface area contributed by atoms with Crippen molar-refractivity contribution in [2.45, 2.75) is 0 Å². The summed E-state index contributed by atoms with van der Waals surface area (Å²) in [4.78, 5) is 20.5. The molecule has 0 amide bonds. The van der Waals surface area contributed by atoms with E-state index in [1.54, 1.807) is 0 Å². The van der Waals surface area contributed by atoms with Gasteiger partial charge >= 0.3 is 76.0 Å². The number of carbonyl (C=O) groups is 1. The van der Waals surface area contributed by atoms with Crippen molar-refractivity contribution in [2.24, 2.45) is 0 Å². The van der Waals surface area contributed by atoms with Crippen molar-refractivity contribution < 1.29 is 9.72 Å². The van der Waals surface area contributed by atoms with Crippen LogP contribution in [0.1, 0.15) is 10.4 Å². The summed E-state index contributed by atoms with van der Waals surface area (Å²) >= 11 is 2.26. The van der Waals surface area contributed by atoms with Gasteiger partial charge in [0.15, 0.2) is 0 Å². The zero-order valence-electron chi connectivity index (χ0n) is 5.89. The first-order chi connectivity index (χ1) is 5.61. The van der Waals surface area contributed by atoms with Crippen molar-refractivity contribution >= 4 is 26.4 Å². The summed E-state index contributed by atoms with van der Waals surface area (Å²) in [7, 11) is 0. The minimum atomic E-state index is -0.535. The molecule has 0 heterocycles. The van der Waals surface area contributed by atoms with Crippen molar-refractivity contribution in [3.05, 3.63) is 39.9 Å². The van der Waals surface area contributed by atoms with Gasteiger partial charge in [0.25, 0.3) is 0 Å². The van der Waals surface area contributed by atoms with Crippen LogP contribution < -0.4 is 0 Å². The topological polar surface area (TPSA) is 60.2 Å². The Kier molecular flexibility index (Phi) is 2.57. The van der Waals surface area contributed by atoms with Gasteiger partial charge in [-0.3, -0.25) is 0 Å². The summed E-state index contributed by atoms with van der Waals surface area (Å²) in [6.07, 6.45) is 0. The van der Waals surface area contributed by atoms with Gasteiger partial charge in [-0.2, -0.15) is 0 Å². The van der Waals surface area contributed by atoms with Crippen LogP contribution in [0.25, 0.3) is 0 Å². The SMILES string of the molecule is O=C([Se])c1cccc([N+](=O)[O-])c1. The molecular formula is C7H4NO3Se. The zero-order valence-corrected chi connectivity index (χ0v) is 7.60. The van der Waals surface area contributed by atoms with Gasteiger partial charge in [-0.1, -0.05) is 0 Å². The second-order valence-electron chi connectivity index (χ2n) is 2.09. The predicted molar refractivity (Wildman–Crippen MR) is 43.2 cm³/mol. The number of carbonyl (C=O) groups excluding carboxylic acids is 1. The van der Waals surface area contributed by atoms with E-state index in [2.05, 4.69) is 16.0 Å². The van der Waals surface area contributed by atoms with Crippen LogP contribution in [0.4, 0.5) is 5.69 Å². The molecule has 1 aromatic carbocycles. The Hall–Kier alpha value is -1.19. The Balaban J connectivity index is 3.12. The quantitative estimate of drug-likeness (QED) is 0.430. The third-order valence-electron chi connectivity index (χ3n) is 1.29. The van der Waals surface area contributed by atoms with Crippen LogP contribution in [0.5, 0.6) is 0 Å². The molecule has 0 aliphatic carbocycles. The molecule has 1 radical (unpaired) electrons. The Bertz CT molecular complexity index is 308. The van der Waals surface area contributed by atoms with Gasteiger partial charge in [0, 0.05) is 0 Å². The first-order valence-corrected chi connectivity index (χ1v) is 3.92. The van der Waals surface area contributed by atoms with Crippen LogP contribution in [-0.4, -0.2) is 25.6 Å². The fourth-order valence-corrected chi connectivity index (χ4v) is 1.01. The van der Waals surface area contributed by atoms with Gasteiger partial charge in [0.2, 0.25) is 0 Å². The van der Waals surface area contributed by atoms with Gasteiger partial charge in [0.1, 0.15) is 0 Å². The summed E-state index contributed by atoms with van der Waals surface area (Å²) < 4.78 is -0.293. The van der Waals surface area contributed by atoms with E-state index in [0.29, 0.717) is 5.56 Å². The molecule has 4 nitrogen and oxygen atoms in total. The van der Waals surface area contributed by atoms with Crippen molar-refractivity contribution in [1.82, 2.24) is 0 Å². The van der Waals surface area contributed by atoms with E-state index in [1.807, 2.05) is 0 Å². The molecular weight excluding hydrogens is 225 g/mol. The fraction of sp³-hybridized carbons (Fsp3) is 0. The van der Waals surface area contributed by atoms with Gasteiger partial charge in [0.05, 0.1) is 0 Å². The summed E-state index contributed by atoms with van der Waals surface area (Å²) in [5.41, 5.74) is 0.236. The first kappa shape index (κ1) is 8.90. The molecule has 12 heavy (non-hydrogen) atoms. The Morgan fingerprint density at radius 3 is 2.67 bits per heavy atom. The average Bonchev–Trinajstić information content (AvgIpc) is 2.04. The molecule has 0 unspecified atom stereocenters. The maximum atomic E-state index is 10.7. The van der Waals surface area contributed by atoms with E-state index in [4.69, 9.17) is 0 Å². The van der Waals surface area contributed by atoms with Crippen LogP contribution in [0.2, 0.25) is 0 Å². The number of nitrogens with zero attached hydrogens (tertiary/aromatic N) is 1. The Labute approximate surface area is 76.5 Å². The van der Waals surface area contributed by atoms with Gasteiger partial charge in [-0.25, -0.2) is 0 Å². The summed E-state index contributed by atoms with van der Waals surface area (Å²) in [5.74, 6) is 0. The molecule has 0 saturated carbocycles. The summed E-state index contributed by atoms with van der Waals surface area (Å²) in [6.45, 7) is 0. The molecule has 0 aliphatic heterocycles. The van der Waals surface area contributed by atoms with Crippen molar-refractivity contribution in [1.29, 1.82) is 0 Å². The Morgan fingerprint density at radius 1 is 1.50 bits per heavy atom. The Morgan fingerprint density at radius 2 is 2.17 bits per heavy atom. The van der Waals surface area contributed by atoms with Crippen molar-refractivity contribution in [2.75, 3.05) is 0 Å². The normalized spacial score (nSPS) is 9.33. The van der Waals surface area contributed by atoms with E-state index in [0.717, 1.165) is 0 Å². The van der Waals surface area contributed by atoms with Crippen LogP contribution in [-0.2, 0) is 0 Å². The summed E-state index contributed by atoms with van der Waals surface area (Å²) in [6, 6.07) is 5.57. The van der Waals surface area contributed by atoms with E-state index < -0.39 is 4.92 Å². The molecule has 0 aromatic heterocycles. The molecule has 1 rings (SSSR count). The van der Waals surface area contributed by atoms with Gasteiger partial charge < -0.3 is 0 Å². The number of nitro groups is 1. The molecule has 0 fully saturated rings. The average molecular weight is 229 g/mol. The second kappa shape index (κ2) is 3.47. The molecule has 0 saturated heterocycles. The zero-order chi connectivity index (χ0) is 9.14. The van der Waals surface area contributed by atoms with Crippen molar-refractivity contribution in [3.63, 3.8) is 0 Å². The van der Waals surface area contributed by atoms with E-state index in [9.17, 15) is 14.9 Å². The standard InChI is InChI=1S/C7H4NO3Se/c9-7(12)5-2-1-3-6(4-5)8(10)11/h1-4H. The maximum absolute atomic E-state index is 10.7.